The Kier molecular flexibility index (Phi) is 7.78. The third-order valence-electron chi connectivity index (χ3n) is 2.73. The van der Waals surface area contributed by atoms with Crippen LogP contribution < -0.4 is 9.47 Å². The van der Waals surface area contributed by atoms with Crippen LogP contribution in [-0.4, -0.2) is 13.7 Å². The van der Waals surface area contributed by atoms with Gasteiger partial charge in [-0.1, -0.05) is 25.1 Å². The molecule has 1 rings (SSSR count). The van der Waals surface area contributed by atoms with E-state index in [0.29, 0.717) is 0 Å². The predicted molar refractivity (Wildman–Crippen MR) is 76.4 cm³/mol. The molecule has 1 aromatic carbocycles. The Bertz CT molecular complexity index is 345. The molecular formula is C16H24O2. The number of methoxy groups -OCH3 is 1. The van der Waals surface area contributed by atoms with E-state index in [2.05, 4.69) is 19.1 Å². The molecule has 0 heterocycles. The van der Waals surface area contributed by atoms with Gasteiger partial charge in [0.2, 0.25) is 0 Å². The van der Waals surface area contributed by atoms with Crippen LogP contribution in [-0.2, 0) is 0 Å². The average Bonchev–Trinajstić information content (AvgIpc) is 2.42. The molecular weight excluding hydrogens is 224 g/mol. The predicted octanol–water partition coefficient (Wildman–Crippen LogP) is 4.60. The molecule has 0 N–H and O–H groups in total. The van der Waals surface area contributed by atoms with Crippen molar-refractivity contribution in [2.45, 2.75) is 39.0 Å². The third-order valence-corrected chi connectivity index (χ3v) is 2.73. The van der Waals surface area contributed by atoms with Crippen molar-refractivity contribution in [1.29, 1.82) is 0 Å². The minimum atomic E-state index is 0.782. The number of allylic oxidation sites excluding steroid dienone is 2. The Morgan fingerprint density at radius 1 is 1.06 bits per heavy atom. The molecule has 18 heavy (non-hydrogen) atoms. The normalized spacial score (nSPS) is 10.8. The number of unbranched alkanes of at least 4 members (excludes halogenated alkanes) is 3. The first-order chi connectivity index (χ1) is 8.86. The summed E-state index contributed by atoms with van der Waals surface area (Å²) in [6.45, 7) is 2.95. The van der Waals surface area contributed by atoms with Gasteiger partial charge in [0.15, 0.2) is 0 Å². The van der Waals surface area contributed by atoms with E-state index in [1.54, 1.807) is 7.11 Å². The van der Waals surface area contributed by atoms with Gasteiger partial charge in [-0.25, -0.2) is 0 Å². The van der Waals surface area contributed by atoms with E-state index >= 15 is 0 Å². The Hall–Kier alpha value is -1.44. The zero-order valence-corrected chi connectivity index (χ0v) is 11.5. The molecule has 0 saturated heterocycles. The second-order valence-corrected chi connectivity index (χ2v) is 4.26. The van der Waals surface area contributed by atoms with Gasteiger partial charge in [0.05, 0.1) is 13.7 Å². The summed E-state index contributed by atoms with van der Waals surface area (Å²) in [4.78, 5) is 0. The molecule has 0 aliphatic heterocycles. The van der Waals surface area contributed by atoms with Crippen LogP contribution in [0.15, 0.2) is 36.4 Å². The van der Waals surface area contributed by atoms with E-state index in [0.717, 1.165) is 30.9 Å². The van der Waals surface area contributed by atoms with Crippen molar-refractivity contribution >= 4 is 0 Å². The molecule has 0 atom stereocenters. The Balaban J connectivity index is 2.08. The zero-order valence-electron chi connectivity index (χ0n) is 11.5. The van der Waals surface area contributed by atoms with Gasteiger partial charge in [-0.2, -0.15) is 0 Å². The van der Waals surface area contributed by atoms with Crippen molar-refractivity contribution in [2.24, 2.45) is 0 Å². The van der Waals surface area contributed by atoms with E-state index in [4.69, 9.17) is 9.47 Å². The fourth-order valence-corrected chi connectivity index (χ4v) is 1.71. The average molecular weight is 248 g/mol. The van der Waals surface area contributed by atoms with Crippen LogP contribution in [0.5, 0.6) is 11.5 Å². The van der Waals surface area contributed by atoms with Gasteiger partial charge in [-0.3, -0.25) is 0 Å². The molecule has 2 nitrogen and oxygen atoms in total. The van der Waals surface area contributed by atoms with Crippen LogP contribution in [0, 0.1) is 0 Å². The highest BCUT2D eigenvalue weighted by Crippen LogP contribution is 2.19. The number of ether oxygens (including phenoxy) is 2. The molecule has 100 valence electrons. The molecule has 0 fully saturated rings. The van der Waals surface area contributed by atoms with E-state index in [-0.39, 0.29) is 0 Å². The topological polar surface area (TPSA) is 18.5 Å². The summed E-state index contributed by atoms with van der Waals surface area (Å²) in [5.41, 5.74) is 0. The maximum absolute atomic E-state index is 5.68. The largest absolute Gasteiger partial charge is 0.497 e. The first-order valence-electron chi connectivity index (χ1n) is 6.78. The van der Waals surface area contributed by atoms with Crippen molar-refractivity contribution < 1.29 is 9.47 Å². The third kappa shape index (κ3) is 6.33. The van der Waals surface area contributed by atoms with Crippen LogP contribution in [0.1, 0.15) is 39.0 Å². The van der Waals surface area contributed by atoms with Gasteiger partial charge in [0.25, 0.3) is 0 Å². The Morgan fingerprint density at radius 2 is 1.89 bits per heavy atom. The van der Waals surface area contributed by atoms with E-state index in [1.165, 1.54) is 19.3 Å². The Morgan fingerprint density at radius 3 is 2.67 bits per heavy atom. The first kappa shape index (κ1) is 14.6. The summed E-state index contributed by atoms with van der Waals surface area (Å²) in [6.07, 6.45) is 10.4. The lowest BCUT2D eigenvalue weighted by Gasteiger charge is -2.07. The lowest BCUT2D eigenvalue weighted by molar-refractivity contribution is 0.303. The molecule has 0 aromatic heterocycles. The standard InChI is InChI=1S/C16H24O2/c1-3-4-5-6-7-8-9-13-18-16-12-10-11-15(14-16)17-2/h4-5,10-12,14H,3,6-9,13H2,1-2H3. The molecule has 1 aromatic rings. The number of hydrogen-bond acceptors (Lipinski definition) is 2. The molecule has 0 amide bonds. The molecule has 0 radical (unpaired) electrons. The highest BCUT2D eigenvalue weighted by molar-refractivity contribution is 5.32. The summed E-state index contributed by atoms with van der Waals surface area (Å²) in [5.74, 6) is 1.73. The van der Waals surface area contributed by atoms with Gasteiger partial charge in [-0.05, 0) is 44.2 Å². The monoisotopic (exact) mass is 248 g/mol. The fraction of sp³-hybridized carbons (Fsp3) is 0.500. The summed E-state index contributed by atoms with van der Waals surface area (Å²) in [6, 6.07) is 7.76. The zero-order chi connectivity index (χ0) is 13.1. The van der Waals surface area contributed by atoms with Crippen LogP contribution in [0.25, 0.3) is 0 Å². The quantitative estimate of drug-likeness (QED) is 0.469. The van der Waals surface area contributed by atoms with Gasteiger partial charge < -0.3 is 9.47 Å². The van der Waals surface area contributed by atoms with E-state index < -0.39 is 0 Å². The number of benzene rings is 1. The second-order valence-electron chi connectivity index (χ2n) is 4.26. The maximum atomic E-state index is 5.68. The lowest BCUT2D eigenvalue weighted by Crippen LogP contribution is -1.97. The summed E-state index contributed by atoms with van der Waals surface area (Å²) < 4.78 is 10.8. The van der Waals surface area contributed by atoms with Crippen molar-refractivity contribution in [3.05, 3.63) is 36.4 Å². The molecule has 0 bridgehead atoms. The van der Waals surface area contributed by atoms with Gasteiger partial charge in [-0.15, -0.1) is 0 Å². The minimum absolute atomic E-state index is 0.782. The summed E-state index contributed by atoms with van der Waals surface area (Å²) in [7, 11) is 1.67. The Labute approximate surface area is 111 Å². The van der Waals surface area contributed by atoms with Gasteiger partial charge in [0.1, 0.15) is 11.5 Å². The van der Waals surface area contributed by atoms with Crippen LogP contribution in [0.2, 0.25) is 0 Å². The smallest absolute Gasteiger partial charge is 0.122 e. The van der Waals surface area contributed by atoms with Gasteiger partial charge in [0, 0.05) is 6.07 Å². The van der Waals surface area contributed by atoms with Crippen LogP contribution in [0.3, 0.4) is 0 Å². The summed E-state index contributed by atoms with van der Waals surface area (Å²) in [5, 5.41) is 0. The first-order valence-corrected chi connectivity index (χ1v) is 6.78. The number of rotatable bonds is 9. The van der Waals surface area contributed by atoms with Crippen LogP contribution >= 0.6 is 0 Å². The second kappa shape index (κ2) is 9.58. The van der Waals surface area contributed by atoms with Crippen LogP contribution in [0.4, 0.5) is 0 Å². The highest BCUT2D eigenvalue weighted by Gasteiger charge is 1.96. The minimum Gasteiger partial charge on any atom is -0.497 e. The molecule has 0 aliphatic rings. The summed E-state index contributed by atoms with van der Waals surface area (Å²) >= 11 is 0. The highest BCUT2D eigenvalue weighted by atomic mass is 16.5. The van der Waals surface area contributed by atoms with Crippen molar-refractivity contribution in [3.8, 4) is 11.5 Å². The van der Waals surface area contributed by atoms with Crippen molar-refractivity contribution in [3.63, 3.8) is 0 Å². The molecule has 0 spiro atoms. The lowest BCUT2D eigenvalue weighted by atomic mass is 10.2. The maximum Gasteiger partial charge on any atom is 0.122 e. The van der Waals surface area contributed by atoms with Crippen molar-refractivity contribution in [2.75, 3.05) is 13.7 Å². The SMILES string of the molecule is CCC=CCCCCCOc1cccc(OC)c1. The molecule has 0 aliphatic carbocycles. The number of hydrogen-bond donors (Lipinski definition) is 0. The molecule has 0 saturated carbocycles. The molecule has 0 unspecified atom stereocenters. The molecule has 2 heteroatoms. The van der Waals surface area contributed by atoms with E-state index in [9.17, 15) is 0 Å². The van der Waals surface area contributed by atoms with Crippen molar-refractivity contribution in [1.82, 2.24) is 0 Å². The van der Waals surface area contributed by atoms with E-state index in [1.807, 2.05) is 24.3 Å². The van der Waals surface area contributed by atoms with Gasteiger partial charge >= 0.3 is 0 Å². The fourth-order valence-electron chi connectivity index (χ4n) is 1.71.